The molecule has 2 aromatic rings. The number of thioether (sulfide) groups is 1. The van der Waals surface area contributed by atoms with Crippen LogP contribution in [0.25, 0.3) is 0 Å². The van der Waals surface area contributed by atoms with Crippen molar-refractivity contribution < 1.29 is 14.3 Å². The van der Waals surface area contributed by atoms with Gasteiger partial charge < -0.3 is 14.4 Å². The Kier molecular flexibility index (Phi) is 6.10. The molecule has 31 heavy (non-hydrogen) atoms. The van der Waals surface area contributed by atoms with Gasteiger partial charge in [0.1, 0.15) is 0 Å². The van der Waals surface area contributed by atoms with Gasteiger partial charge in [-0.25, -0.2) is 0 Å². The fraction of sp³-hybridized carbons (Fsp3) is 0.333. The van der Waals surface area contributed by atoms with Crippen molar-refractivity contribution in [1.29, 1.82) is 5.26 Å². The maximum absolute atomic E-state index is 13.1. The molecule has 0 spiro atoms. The average Bonchev–Trinajstić information content (AvgIpc) is 2.80. The number of methoxy groups -OCH3 is 1. The summed E-state index contributed by atoms with van der Waals surface area (Å²) in [5.41, 5.74) is 3.79. The first-order valence-corrected chi connectivity index (χ1v) is 11.2. The van der Waals surface area contributed by atoms with E-state index in [1.807, 2.05) is 25.1 Å². The molecular weight excluding hydrogens is 410 g/mol. The Labute approximate surface area is 187 Å². The highest BCUT2D eigenvalue weighted by Crippen LogP contribution is 2.44. The number of nitrogens with zero attached hydrogens (tertiary/aromatic N) is 3. The summed E-state index contributed by atoms with van der Waals surface area (Å²) >= 11 is 1.54. The number of amides is 1. The Hall–Kier alpha value is -3.11. The Balaban J connectivity index is 1.65. The molecule has 1 saturated heterocycles. The Morgan fingerprint density at radius 1 is 1.19 bits per heavy atom. The van der Waals surface area contributed by atoms with Crippen molar-refractivity contribution >= 4 is 23.4 Å². The van der Waals surface area contributed by atoms with E-state index in [1.165, 1.54) is 5.56 Å². The van der Waals surface area contributed by atoms with Crippen molar-refractivity contribution in [1.82, 2.24) is 4.90 Å². The second-order valence-electron chi connectivity index (χ2n) is 7.54. The molecule has 4 rings (SSSR count). The summed E-state index contributed by atoms with van der Waals surface area (Å²) in [5, 5.41) is 10.8. The number of anilines is 1. The van der Waals surface area contributed by atoms with Gasteiger partial charge in [-0.2, -0.15) is 5.26 Å². The minimum absolute atomic E-state index is 0.0242. The molecular formula is C24H25N3O3S. The maximum atomic E-state index is 13.1. The number of benzene rings is 2. The van der Waals surface area contributed by atoms with Gasteiger partial charge in [-0.1, -0.05) is 35.5 Å². The molecule has 7 heteroatoms. The van der Waals surface area contributed by atoms with Gasteiger partial charge in [0.25, 0.3) is 0 Å². The van der Waals surface area contributed by atoms with Crippen molar-refractivity contribution in [3.63, 3.8) is 0 Å². The average molecular weight is 436 g/mol. The lowest BCUT2D eigenvalue weighted by Gasteiger charge is -2.42. The number of nitriles is 1. The lowest BCUT2D eigenvalue weighted by molar-refractivity contribution is -0.129. The van der Waals surface area contributed by atoms with Crippen LogP contribution in [0.3, 0.4) is 0 Å². The third kappa shape index (κ3) is 4.08. The molecule has 0 radical (unpaired) electrons. The summed E-state index contributed by atoms with van der Waals surface area (Å²) in [6.45, 7) is 4.96. The predicted molar refractivity (Wildman–Crippen MR) is 122 cm³/mol. The van der Waals surface area contributed by atoms with Gasteiger partial charge in [0.05, 0.1) is 42.9 Å². The molecule has 160 valence electrons. The number of carbonyl (C=O) groups excluding carboxylic acids is 1. The highest BCUT2D eigenvalue weighted by atomic mass is 32.2. The van der Waals surface area contributed by atoms with E-state index in [-0.39, 0.29) is 18.2 Å². The summed E-state index contributed by atoms with van der Waals surface area (Å²) in [6, 6.07) is 16.3. The highest BCUT2D eigenvalue weighted by Gasteiger charge is 2.38. The Bertz CT molecular complexity index is 1060. The molecule has 1 amide bonds. The monoisotopic (exact) mass is 435 g/mol. The van der Waals surface area contributed by atoms with Gasteiger partial charge >= 0.3 is 0 Å². The highest BCUT2D eigenvalue weighted by molar-refractivity contribution is 8.03. The van der Waals surface area contributed by atoms with E-state index in [9.17, 15) is 10.1 Å². The van der Waals surface area contributed by atoms with Crippen molar-refractivity contribution in [3.8, 4) is 17.6 Å². The smallest absolute Gasteiger partial charge is 0.229 e. The van der Waals surface area contributed by atoms with Crippen molar-refractivity contribution in [2.24, 2.45) is 0 Å². The SMILES string of the molecule is CCOc1ccc(C2CC(=O)N3CN(c4ccc(C)cc4)CSC3=C2C#N)cc1OC. The Morgan fingerprint density at radius 2 is 1.97 bits per heavy atom. The van der Waals surface area contributed by atoms with Gasteiger partial charge in [-0.3, -0.25) is 9.69 Å². The van der Waals surface area contributed by atoms with Crippen LogP contribution < -0.4 is 14.4 Å². The number of fused-ring (bicyclic) bond motifs is 1. The number of hydrogen-bond acceptors (Lipinski definition) is 6. The Morgan fingerprint density at radius 3 is 2.65 bits per heavy atom. The van der Waals surface area contributed by atoms with E-state index < -0.39 is 0 Å². The molecule has 0 aromatic heterocycles. The molecule has 1 unspecified atom stereocenters. The van der Waals surface area contributed by atoms with E-state index in [2.05, 4.69) is 42.2 Å². The quantitative estimate of drug-likeness (QED) is 0.683. The van der Waals surface area contributed by atoms with Gasteiger partial charge in [0, 0.05) is 18.0 Å². The molecule has 0 bridgehead atoms. The molecule has 2 aliphatic heterocycles. The van der Waals surface area contributed by atoms with Crippen LogP contribution in [0.1, 0.15) is 30.4 Å². The first-order valence-electron chi connectivity index (χ1n) is 10.3. The zero-order valence-electron chi connectivity index (χ0n) is 17.9. The summed E-state index contributed by atoms with van der Waals surface area (Å²) in [4.78, 5) is 17.0. The number of carbonyl (C=O) groups is 1. The summed E-state index contributed by atoms with van der Waals surface area (Å²) < 4.78 is 11.1. The van der Waals surface area contributed by atoms with E-state index in [4.69, 9.17) is 9.47 Å². The van der Waals surface area contributed by atoms with Crippen LogP contribution in [0.2, 0.25) is 0 Å². The van der Waals surface area contributed by atoms with Crippen LogP contribution in [-0.2, 0) is 4.79 Å². The number of rotatable bonds is 5. The minimum atomic E-state index is -0.285. The fourth-order valence-corrected chi connectivity index (χ4v) is 5.11. The first kappa shape index (κ1) is 21.1. The van der Waals surface area contributed by atoms with E-state index in [0.29, 0.717) is 36.2 Å². The van der Waals surface area contributed by atoms with Crippen LogP contribution in [0.4, 0.5) is 5.69 Å². The second kappa shape index (κ2) is 8.94. The number of hydrogen-bond donors (Lipinski definition) is 0. The van der Waals surface area contributed by atoms with Crippen LogP contribution in [-0.4, -0.2) is 37.1 Å². The molecule has 6 nitrogen and oxygen atoms in total. The number of ether oxygens (including phenoxy) is 2. The molecule has 1 atom stereocenters. The lowest BCUT2D eigenvalue weighted by atomic mass is 9.86. The zero-order valence-corrected chi connectivity index (χ0v) is 18.7. The van der Waals surface area contributed by atoms with Gasteiger partial charge in [-0.15, -0.1) is 0 Å². The van der Waals surface area contributed by atoms with Crippen molar-refractivity contribution in [3.05, 3.63) is 64.2 Å². The van der Waals surface area contributed by atoms with Crippen LogP contribution in [0.5, 0.6) is 11.5 Å². The fourth-order valence-electron chi connectivity index (χ4n) is 3.94. The molecule has 0 N–H and O–H groups in total. The third-order valence-corrected chi connectivity index (χ3v) is 6.74. The second-order valence-corrected chi connectivity index (χ2v) is 8.48. The molecule has 2 aromatic carbocycles. The van der Waals surface area contributed by atoms with E-state index >= 15 is 0 Å². The van der Waals surface area contributed by atoms with Gasteiger partial charge in [0.15, 0.2) is 11.5 Å². The molecule has 2 heterocycles. The predicted octanol–water partition coefficient (Wildman–Crippen LogP) is 4.62. The molecule has 1 fully saturated rings. The van der Waals surface area contributed by atoms with Crippen molar-refractivity contribution in [2.75, 3.05) is 31.2 Å². The van der Waals surface area contributed by atoms with E-state index in [1.54, 1.807) is 23.8 Å². The van der Waals surface area contributed by atoms with Gasteiger partial charge in [-0.05, 0) is 43.7 Å². The van der Waals surface area contributed by atoms with Gasteiger partial charge in [0.2, 0.25) is 5.91 Å². The largest absolute Gasteiger partial charge is 0.493 e. The summed E-state index contributed by atoms with van der Waals surface area (Å²) in [7, 11) is 1.59. The number of allylic oxidation sites excluding steroid dienone is 1. The maximum Gasteiger partial charge on any atom is 0.229 e. The third-order valence-electron chi connectivity index (χ3n) is 5.58. The minimum Gasteiger partial charge on any atom is -0.493 e. The molecule has 0 saturated carbocycles. The van der Waals surface area contributed by atoms with Crippen LogP contribution >= 0.6 is 11.8 Å². The van der Waals surface area contributed by atoms with Crippen LogP contribution in [0, 0.1) is 18.3 Å². The van der Waals surface area contributed by atoms with E-state index in [0.717, 1.165) is 16.3 Å². The summed E-state index contributed by atoms with van der Waals surface area (Å²) in [6.07, 6.45) is 0.256. The number of aryl methyl sites for hydroxylation is 1. The zero-order chi connectivity index (χ0) is 22.0. The first-order chi connectivity index (χ1) is 15.0. The standard InChI is InChI=1S/C24H25N3O3S/c1-4-30-21-10-7-17(11-22(21)29-3)19-12-23(28)27-14-26(15-31-24(27)20(19)13-25)18-8-5-16(2)6-9-18/h5-11,19H,4,12,14-15H2,1-3H3. The van der Waals surface area contributed by atoms with Crippen LogP contribution in [0.15, 0.2) is 53.1 Å². The molecule has 2 aliphatic rings. The van der Waals surface area contributed by atoms with Crippen molar-refractivity contribution in [2.45, 2.75) is 26.2 Å². The topological polar surface area (TPSA) is 65.8 Å². The lowest BCUT2D eigenvalue weighted by Crippen LogP contribution is -2.47. The molecule has 0 aliphatic carbocycles. The normalized spacial score (nSPS) is 18.5. The summed E-state index contributed by atoms with van der Waals surface area (Å²) in [5.74, 6) is 1.69.